The fourth-order valence-electron chi connectivity index (χ4n) is 1.55. The molecule has 0 aliphatic carbocycles. The van der Waals surface area contributed by atoms with Crippen molar-refractivity contribution in [2.75, 3.05) is 22.6 Å². The summed E-state index contributed by atoms with van der Waals surface area (Å²) in [5, 5.41) is 3.20. The summed E-state index contributed by atoms with van der Waals surface area (Å²) < 4.78 is 11.2. The number of hydrogen-bond acceptors (Lipinski definition) is 6. The van der Waals surface area contributed by atoms with E-state index in [1.54, 1.807) is 0 Å². The predicted octanol–water partition coefficient (Wildman–Crippen LogP) is 0.430. The molecule has 6 nitrogen and oxygen atoms in total. The van der Waals surface area contributed by atoms with Crippen molar-refractivity contribution in [1.29, 1.82) is 0 Å². The van der Waals surface area contributed by atoms with E-state index in [4.69, 9.17) is 17.3 Å². The molecule has 2 heterocycles. The Morgan fingerprint density at radius 3 is 2.62 bits per heavy atom. The van der Waals surface area contributed by atoms with Crippen molar-refractivity contribution in [3.8, 4) is 0 Å². The summed E-state index contributed by atoms with van der Waals surface area (Å²) >= 11 is 5.66. The molecule has 1 saturated heterocycles. The van der Waals surface area contributed by atoms with Crippen LogP contribution in [-0.4, -0.2) is 36.7 Å². The Kier molecular flexibility index (Phi) is 3.55. The van der Waals surface area contributed by atoms with Gasteiger partial charge in [0.1, 0.15) is 0 Å². The Morgan fingerprint density at radius 1 is 1.31 bits per heavy atom. The minimum absolute atomic E-state index is 0.0781. The molecule has 8 heteroatoms. The lowest BCUT2D eigenvalue weighted by Crippen LogP contribution is -2.30. The molecule has 1 fully saturated rings. The fourth-order valence-corrected chi connectivity index (χ4v) is 3.02. The van der Waals surface area contributed by atoms with Gasteiger partial charge in [0.15, 0.2) is 0 Å². The molecule has 0 spiro atoms. The Labute approximate surface area is 100 Å². The van der Waals surface area contributed by atoms with Gasteiger partial charge >= 0.3 is 0 Å². The van der Waals surface area contributed by atoms with Crippen molar-refractivity contribution in [2.45, 2.75) is 18.9 Å². The molecule has 2 rings (SSSR count). The van der Waals surface area contributed by atoms with Crippen molar-refractivity contribution in [3.05, 3.63) is 5.28 Å². The maximum absolute atomic E-state index is 11.2. The van der Waals surface area contributed by atoms with Gasteiger partial charge < -0.3 is 11.1 Å². The van der Waals surface area contributed by atoms with Gasteiger partial charge in [-0.2, -0.15) is 15.0 Å². The van der Waals surface area contributed by atoms with E-state index in [0.29, 0.717) is 17.5 Å². The summed E-state index contributed by atoms with van der Waals surface area (Å²) in [5.74, 6) is 1.91. The van der Waals surface area contributed by atoms with Gasteiger partial charge in [-0.05, 0) is 24.4 Å². The molecule has 1 aliphatic heterocycles. The van der Waals surface area contributed by atoms with E-state index in [1.165, 1.54) is 0 Å². The second-order valence-electron chi connectivity index (χ2n) is 3.55. The van der Waals surface area contributed by atoms with Crippen molar-refractivity contribution in [3.63, 3.8) is 0 Å². The van der Waals surface area contributed by atoms with E-state index >= 15 is 0 Å². The minimum Gasteiger partial charge on any atom is -0.368 e. The second kappa shape index (κ2) is 4.92. The normalized spacial score (nSPS) is 25.3. The monoisotopic (exact) mass is 261 g/mol. The van der Waals surface area contributed by atoms with Crippen molar-refractivity contribution in [1.82, 2.24) is 15.0 Å². The van der Waals surface area contributed by atoms with E-state index in [2.05, 4.69) is 20.3 Å². The Balaban J connectivity index is 2.00. The molecular formula is C8H12ClN5OS. The van der Waals surface area contributed by atoms with Crippen LogP contribution in [-0.2, 0) is 10.8 Å². The highest BCUT2D eigenvalue weighted by Gasteiger charge is 2.18. The van der Waals surface area contributed by atoms with Crippen LogP contribution in [0.25, 0.3) is 0 Å². The first-order valence-electron chi connectivity index (χ1n) is 4.92. The number of rotatable bonds is 2. The van der Waals surface area contributed by atoms with Crippen LogP contribution in [0.2, 0.25) is 5.28 Å². The molecule has 16 heavy (non-hydrogen) atoms. The first-order chi connectivity index (χ1) is 7.63. The van der Waals surface area contributed by atoms with Crippen LogP contribution in [0.15, 0.2) is 0 Å². The first-order valence-corrected chi connectivity index (χ1v) is 6.78. The zero-order valence-electron chi connectivity index (χ0n) is 8.52. The molecule has 1 aromatic heterocycles. The quantitative estimate of drug-likeness (QED) is 0.802. The van der Waals surface area contributed by atoms with E-state index in [-0.39, 0.29) is 17.3 Å². The van der Waals surface area contributed by atoms with Crippen LogP contribution in [0, 0.1) is 0 Å². The largest absolute Gasteiger partial charge is 0.368 e. The number of nitrogens with zero attached hydrogens (tertiary/aromatic N) is 3. The zero-order valence-corrected chi connectivity index (χ0v) is 10.1. The molecule has 3 N–H and O–H groups in total. The summed E-state index contributed by atoms with van der Waals surface area (Å²) in [6.07, 6.45) is 1.69. The lowest BCUT2D eigenvalue weighted by atomic mass is 10.2. The van der Waals surface area contributed by atoms with Crippen LogP contribution >= 0.6 is 11.6 Å². The van der Waals surface area contributed by atoms with Crippen molar-refractivity contribution in [2.24, 2.45) is 0 Å². The van der Waals surface area contributed by atoms with Gasteiger partial charge in [-0.25, -0.2) is 0 Å². The van der Waals surface area contributed by atoms with Gasteiger partial charge in [0.25, 0.3) is 0 Å². The van der Waals surface area contributed by atoms with Crippen LogP contribution in [0.1, 0.15) is 12.8 Å². The third kappa shape index (κ3) is 3.02. The number of halogens is 1. The van der Waals surface area contributed by atoms with Crippen molar-refractivity contribution < 1.29 is 4.21 Å². The summed E-state index contributed by atoms with van der Waals surface area (Å²) in [6, 6.07) is 0.232. The average molecular weight is 262 g/mol. The first kappa shape index (κ1) is 11.5. The number of aromatic nitrogens is 3. The Bertz CT molecular complexity index is 385. The highest BCUT2D eigenvalue weighted by atomic mass is 35.5. The zero-order chi connectivity index (χ0) is 11.5. The molecule has 0 aromatic carbocycles. The van der Waals surface area contributed by atoms with Gasteiger partial charge in [-0.15, -0.1) is 0 Å². The van der Waals surface area contributed by atoms with Crippen molar-refractivity contribution >= 4 is 34.3 Å². The molecule has 0 radical (unpaired) electrons. The van der Waals surface area contributed by atoms with Crippen LogP contribution < -0.4 is 11.1 Å². The lowest BCUT2D eigenvalue weighted by Gasteiger charge is -2.22. The molecular weight excluding hydrogens is 250 g/mol. The number of nitrogen functional groups attached to an aromatic ring is 1. The smallest absolute Gasteiger partial charge is 0.229 e. The van der Waals surface area contributed by atoms with Crippen LogP contribution in [0.4, 0.5) is 11.9 Å². The van der Waals surface area contributed by atoms with Crippen LogP contribution in [0.3, 0.4) is 0 Å². The van der Waals surface area contributed by atoms with Gasteiger partial charge in [0.05, 0.1) is 0 Å². The van der Waals surface area contributed by atoms with Gasteiger partial charge in [0, 0.05) is 28.3 Å². The predicted molar refractivity (Wildman–Crippen MR) is 63.8 cm³/mol. The van der Waals surface area contributed by atoms with Gasteiger partial charge in [-0.1, -0.05) is 0 Å². The SMILES string of the molecule is Nc1nc(Cl)nc(NC2CCS(=O)CC2)n1. The summed E-state index contributed by atoms with van der Waals surface area (Å²) in [4.78, 5) is 11.5. The summed E-state index contributed by atoms with van der Waals surface area (Å²) in [7, 11) is -0.672. The van der Waals surface area contributed by atoms with Crippen LogP contribution in [0.5, 0.6) is 0 Å². The highest BCUT2D eigenvalue weighted by molar-refractivity contribution is 7.85. The molecule has 0 amide bonds. The minimum atomic E-state index is -0.672. The molecule has 1 aliphatic rings. The summed E-state index contributed by atoms with van der Waals surface area (Å²) in [6.45, 7) is 0. The topological polar surface area (TPSA) is 93.8 Å². The standard InChI is InChI=1S/C8H12ClN5OS/c9-6-12-7(10)14-8(13-6)11-5-1-3-16(15)4-2-5/h5H,1-4H2,(H3,10,11,12,13,14). The average Bonchev–Trinajstić information content (AvgIpc) is 2.20. The second-order valence-corrected chi connectivity index (χ2v) is 5.59. The third-order valence-electron chi connectivity index (χ3n) is 2.35. The number of hydrogen-bond donors (Lipinski definition) is 2. The van der Waals surface area contributed by atoms with E-state index in [0.717, 1.165) is 12.8 Å². The molecule has 0 saturated carbocycles. The maximum Gasteiger partial charge on any atom is 0.229 e. The lowest BCUT2D eigenvalue weighted by molar-refractivity contribution is 0.620. The number of anilines is 2. The fraction of sp³-hybridized carbons (Fsp3) is 0.625. The summed E-state index contributed by atoms with van der Waals surface area (Å²) in [5.41, 5.74) is 5.45. The van der Waals surface area contributed by atoms with E-state index in [9.17, 15) is 4.21 Å². The molecule has 0 atom stereocenters. The molecule has 1 aromatic rings. The number of nitrogens with one attached hydrogen (secondary N) is 1. The van der Waals surface area contributed by atoms with E-state index in [1.807, 2.05) is 0 Å². The van der Waals surface area contributed by atoms with E-state index < -0.39 is 10.8 Å². The maximum atomic E-state index is 11.2. The molecule has 88 valence electrons. The Hall–Kier alpha value is -0.950. The van der Waals surface area contributed by atoms with Gasteiger partial charge in [-0.3, -0.25) is 4.21 Å². The highest BCUT2D eigenvalue weighted by Crippen LogP contribution is 2.15. The van der Waals surface area contributed by atoms with Gasteiger partial charge in [0.2, 0.25) is 17.2 Å². The number of nitrogens with two attached hydrogens (primary N) is 1. The molecule has 0 bridgehead atoms. The third-order valence-corrected chi connectivity index (χ3v) is 3.90. The molecule has 0 unspecified atom stereocenters. The Morgan fingerprint density at radius 2 is 2.00 bits per heavy atom.